The Hall–Kier alpha value is -1.35. The molecule has 3 heteroatoms. The van der Waals surface area contributed by atoms with Crippen molar-refractivity contribution in [1.82, 2.24) is 4.90 Å². The van der Waals surface area contributed by atoms with Crippen LogP contribution in [0, 0.1) is 0 Å². The van der Waals surface area contributed by atoms with Gasteiger partial charge >= 0.3 is 0 Å². The Labute approximate surface area is 89.1 Å². The zero-order valence-corrected chi connectivity index (χ0v) is 8.57. The van der Waals surface area contributed by atoms with Crippen LogP contribution in [0.4, 0.5) is 5.69 Å². The summed E-state index contributed by atoms with van der Waals surface area (Å²) in [5.41, 5.74) is 2.13. The molecule has 1 amide bonds. The molecule has 15 heavy (non-hydrogen) atoms. The first-order valence-corrected chi connectivity index (χ1v) is 5.50. The number of nitrogens with one attached hydrogen (secondary N) is 1. The van der Waals surface area contributed by atoms with Crippen LogP contribution in [-0.4, -0.2) is 23.9 Å². The Bertz CT molecular complexity index is 396. The van der Waals surface area contributed by atoms with Crippen molar-refractivity contribution in [2.75, 3.05) is 18.4 Å². The fourth-order valence-electron chi connectivity index (χ4n) is 2.55. The second-order valence-electron chi connectivity index (χ2n) is 4.22. The number of para-hydroxylation sites is 1. The predicted molar refractivity (Wildman–Crippen MR) is 58.6 cm³/mol. The van der Waals surface area contributed by atoms with Crippen molar-refractivity contribution in [3.05, 3.63) is 29.8 Å². The van der Waals surface area contributed by atoms with Gasteiger partial charge in [-0.2, -0.15) is 0 Å². The Kier molecular flexibility index (Phi) is 1.99. The number of hydrogen-bond donors (Lipinski definition) is 1. The van der Waals surface area contributed by atoms with Crippen molar-refractivity contribution in [1.29, 1.82) is 0 Å². The SMILES string of the molecule is O=C1Nc2ccccc2C1N1CCCC1. The molecule has 1 unspecified atom stereocenters. The molecule has 1 atom stereocenters. The molecule has 1 aromatic carbocycles. The summed E-state index contributed by atoms with van der Waals surface area (Å²) in [5.74, 6) is 0.137. The van der Waals surface area contributed by atoms with Crippen LogP contribution in [0.5, 0.6) is 0 Å². The van der Waals surface area contributed by atoms with Crippen molar-refractivity contribution < 1.29 is 4.79 Å². The minimum Gasteiger partial charge on any atom is -0.324 e. The quantitative estimate of drug-likeness (QED) is 0.752. The molecule has 2 heterocycles. The van der Waals surface area contributed by atoms with E-state index in [0.717, 1.165) is 24.3 Å². The monoisotopic (exact) mass is 202 g/mol. The van der Waals surface area contributed by atoms with Crippen molar-refractivity contribution in [2.45, 2.75) is 18.9 Å². The number of benzene rings is 1. The largest absolute Gasteiger partial charge is 0.324 e. The normalized spacial score (nSPS) is 25.3. The molecule has 3 nitrogen and oxygen atoms in total. The number of hydrogen-bond acceptors (Lipinski definition) is 2. The molecule has 1 aromatic rings. The van der Waals surface area contributed by atoms with Crippen LogP contribution < -0.4 is 5.32 Å². The molecule has 0 aromatic heterocycles. The summed E-state index contributed by atoms with van der Waals surface area (Å²) >= 11 is 0. The second kappa shape index (κ2) is 3.35. The van der Waals surface area contributed by atoms with Gasteiger partial charge in [0.05, 0.1) is 0 Å². The fourth-order valence-corrected chi connectivity index (χ4v) is 2.55. The van der Waals surface area contributed by atoms with Gasteiger partial charge in [0.2, 0.25) is 5.91 Å². The first-order valence-electron chi connectivity index (χ1n) is 5.50. The van der Waals surface area contributed by atoms with Crippen molar-refractivity contribution in [3.8, 4) is 0 Å². The molecular weight excluding hydrogens is 188 g/mol. The summed E-state index contributed by atoms with van der Waals surface area (Å²) in [7, 11) is 0. The molecule has 3 rings (SSSR count). The molecule has 0 aliphatic carbocycles. The lowest BCUT2D eigenvalue weighted by molar-refractivity contribution is -0.120. The second-order valence-corrected chi connectivity index (χ2v) is 4.22. The highest BCUT2D eigenvalue weighted by molar-refractivity contribution is 6.02. The zero-order valence-electron chi connectivity index (χ0n) is 8.57. The van der Waals surface area contributed by atoms with E-state index in [1.165, 1.54) is 12.8 Å². The van der Waals surface area contributed by atoms with Gasteiger partial charge < -0.3 is 5.32 Å². The number of rotatable bonds is 1. The maximum Gasteiger partial charge on any atom is 0.246 e. The average Bonchev–Trinajstić information content (AvgIpc) is 2.82. The molecule has 2 aliphatic heterocycles. The lowest BCUT2D eigenvalue weighted by Gasteiger charge is -2.21. The van der Waals surface area contributed by atoms with Crippen molar-refractivity contribution in [3.63, 3.8) is 0 Å². The minimum absolute atomic E-state index is 0.0382. The van der Waals surface area contributed by atoms with Gasteiger partial charge in [0, 0.05) is 11.3 Å². The minimum atomic E-state index is -0.0382. The number of nitrogens with zero attached hydrogens (tertiary/aromatic N) is 1. The molecule has 0 bridgehead atoms. The molecule has 78 valence electrons. The number of anilines is 1. The van der Waals surface area contributed by atoms with Crippen LogP contribution in [0.2, 0.25) is 0 Å². The van der Waals surface area contributed by atoms with E-state index >= 15 is 0 Å². The van der Waals surface area contributed by atoms with Gasteiger partial charge in [0.15, 0.2) is 0 Å². The fraction of sp³-hybridized carbons (Fsp3) is 0.417. The molecule has 2 aliphatic rings. The molecule has 0 saturated carbocycles. The first kappa shape index (κ1) is 8.92. The topological polar surface area (TPSA) is 32.3 Å². The van der Waals surface area contributed by atoms with Crippen LogP contribution in [0.3, 0.4) is 0 Å². The summed E-state index contributed by atoms with van der Waals surface area (Å²) in [5, 5.41) is 2.94. The Morgan fingerprint density at radius 1 is 1.20 bits per heavy atom. The van der Waals surface area contributed by atoms with E-state index in [1.54, 1.807) is 0 Å². The zero-order chi connectivity index (χ0) is 10.3. The van der Waals surface area contributed by atoms with E-state index in [2.05, 4.69) is 16.3 Å². The van der Waals surface area contributed by atoms with Crippen LogP contribution in [-0.2, 0) is 4.79 Å². The number of carbonyl (C=O) groups is 1. The summed E-state index contributed by atoms with van der Waals surface area (Å²) in [6.07, 6.45) is 2.43. The molecule has 0 spiro atoms. The van der Waals surface area contributed by atoms with E-state index in [1.807, 2.05) is 18.2 Å². The van der Waals surface area contributed by atoms with Gasteiger partial charge in [-0.25, -0.2) is 0 Å². The number of carbonyl (C=O) groups excluding carboxylic acids is 1. The van der Waals surface area contributed by atoms with Gasteiger partial charge in [-0.15, -0.1) is 0 Å². The third-order valence-corrected chi connectivity index (χ3v) is 3.27. The van der Waals surface area contributed by atoms with E-state index in [4.69, 9.17) is 0 Å². The Morgan fingerprint density at radius 2 is 1.93 bits per heavy atom. The average molecular weight is 202 g/mol. The van der Waals surface area contributed by atoms with Crippen LogP contribution in [0.1, 0.15) is 24.4 Å². The maximum absolute atomic E-state index is 11.9. The lowest BCUT2D eigenvalue weighted by atomic mass is 10.1. The third-order valence-electron chi connectivity index (χ3n) is 3.27. The van der Waals surface area contributed by atoms with E-state index in [0.29, 0.717) is 0 Å². The number of amides is 1. The molecular formula is C12H14N2O. The van der Waals surface area contributed by atoms with Crippen LogP contribution in [0.15, 0.2) is 24.3 Å². The summed E-state index contributed by atoms with van der Waals surface area (Å²) in [4.78, 5) is 14.1. The summed E-state index contributed by atoms with van der Waals surface area (Å²) in [6.45, 7) is 2.10. The van der Waals surface area contributed by atoms with E-state index in [-0.39, 0.29) is 11.9 Å². The predicted octanol–water partition coefficient (Wildman–Crippen LogP) is 1.78. The van der Waals surface area contributed by atoms with Gasteiger partial charge in [-0.3, -0.25) is 9.69 Å². The van der Waals surface area contributed by atoms with Gasteiger partial charge in [-0.1, -0.05) is 18.2 Å². The number of likely N-dealkylation sites (tertiary alicyclic amines) is 1. The van der Waals surface area contributed by atoms with Gasteiger partial charge in [-0.05, 0) is 32.0 Å². The Balaban J connectivity index is 1.98. The highest BCUT2D eigenvalue weighted by Crippen LogP contribution is 2.36. The lowest BCUT2D eigenvalue weighted by Crippen LogP contribution is -2.30. The maximum atomic E-state index is 11.9. The van der Waals surface area contributed by atoms with E-state index < -0.39 is 0 Å². The van der Waals surface area contributed by atoms with Crippen molar-refractivity contribution in [2.24, 2.45) is 0 Å². The summed E-state index contributed by atoms with van der Waals surface area (Å²) in [6, 6.07) is 7.95. The standard InChI is InChI=1S/C12H14N2O/c15-12-11(14-7-3-4-8-14)9-5-1-2-6-10(9)13-12/h1-2,5-6,11H,3-4,7-8H2,(H,13,15). The highest BCUT2D eigenvalue weighted by atomic mass is 16.2. The Morgan fingerprint density at radius 3 is 2.73 bits per heavy atom. The smallest absolute Gasteiger partial charge is 0.246 e. The summed E-state index contributed by atoms with van der Waals surface area (Å²) < 4.78 is 0. The molecule has 1 fully saturated rings. The van der Waals surface area contributed by atoms with Crippen LogP contribution >= 0.6 is 0 Å². The molecule has 1 N–H and O–H groups in total. The van der Waals surface area contributed by atoms with E-state index in [9.17, 15) is 4.79 Å². The first-order chi connectivity index (χ1) is 7.36. The van der Waals surface area contributed by atoms with Gasteiger partial charge in [0.25, 0.3) is 0 Å². The van der Waals surface area contributed by atoms with Crippen molar-refractivity contribution >= 4 is 11.6 Å². The third kappa shape index (κ3) is 1.35. The highest BCUT2D eigenvalue weighted by Gasteiger charge is 2.35. The molecule has 0 radical (unpaired) electrons. The van der Waals surface area contributed by atoms with Gasteiger partial charge in [0.1, 0.15) is 6.04 Å². The molecule has 1 saturated heterocycles. The number of fused-ring (bicyclic) bond motifs is 1. The van der Waals surface area contributed by atoms with Crippen LogP contribution in [0.25, 0.3) is 0 Å².